The topological polar surface area (TPSA) is 69.6 Å². The van der Waals surface area contributed by atoms with E-state index in [4.69, 9.17) is 5.73 Å². The maximum Gasteiger partial charge on any atom is 0.250 e. The molecule has 0 aliphatic rings. The van der Waals surface area contributed by atoms with Gasteiger partial charge in [0, 0.05) is 18.0 Å². The van der Waals surface area contributed by atoms with E-state index in [9.17, 15) is 0 Å². The summed E-state index contributed by atoms with van der Waals surface area (Å²) in [5, 5.41) is 4.50. The molecular formula is C15H15N5. The molecule has 2 aromatic heterocycles. The minimum atomic E-state index is 0.509. The lowest BCUT2D eigenvalue weighted by molar-refractivity contribution is 0.811. The molecule has 0 aliphatic heterocycles. The lowest BCUT2D eigenvalue weighted by atomic mass is 10.0. The van der Waals surface area contributed by atoms with E-state index in [0.29, 0.717) is 11.6 Å². The highest BCUT2D eigenvalue weighted by Gasteiger charge is 2.11. The molecule has 2 N–H and O–H groups in total. The Hall–Kier alpha value is -2.69. The molecule has 0 saturated carbocycles. The summed E-state index contributed by atoms with van der Waals surface area (Å²) >= 11 is 0. The lowest BCUT2D eigenvalue weighted by Gasteiger charge is -2.03. The Balaban J connectivity index is 2.09. The van der Waals surface area contributed by atoms with Crippen LogP contribution in [0.15, 0.2) is 42.9 Å². The van der Waals surface area contributed by atoms with Crippen molar-refractivity contribution in [3.05, 3.63) is 54.0 Å². The zero-order valence-electron chi connectivity index (χ0n) is 11.4. The van der Waals surface area contributed by atoms with E-state index >= 15 is 0 Å². The van der Waals surface area contributed by atoms with Crippen LogP contribution in [0.3, 0.4) is 0 Å². The number of nitrogen functional groups attached to an aromatic ring is 1. The summed E-state index contributed by atoms with van der Waals surface area (Å²) < 4.78 is 1.60. The van der Waals surface area contributed by atoms with Crippen molar-refractivity contribution in [1.82, 2.24) is 19.7 Å². The van der Waals surface area contributed by atoms with Crippen molar-refractivity contribution in [2.45, 2.75) is 13.8 Å². The van der Waals surface area contributed by atoms with Gasteiger partial charge in [0.05, 0.1) is 11.9 Å². The predicted octanol–water partition coefficient (Wildman–Crippen LogP) is 2.53. The molecule has 0 radical (unpaired) electrons. The van der Waals surface area contributed by atoms with Crippen LogP contribution in [0, 0.1) is 13.8 Å². The van der Waals surface area contributed by atoms with E-state index in [1.165, 1.54) is 11.1 Å². The molecule has 3 aromatic rings. The van der Waals surface area contributed by atoms with Gasteiger partial charge in [0.1, 0.15) is 5.69 Å². The molecule has 0 aliphatic carbocycles. The highest BCUT2D eigenvalue weighted by atomic mass is 15.3. The molecule has 1 aromatic carbocycles. The van der Waals surface area contributed by atoms with Gasteiger partial charge < -0.3 is 5.73 Å². The molecule has 0 amide bonds. The summed E-state index contributed by atoms with van der Waals surface area (Å²) in [4.78, 5) is 8.33. The maximum atomic E-state index is 6.07. The number of anilines is 1. The van der Waals surface area contributed by atoms with Crippen LogP contribution in [0.25, 0.3) is 17.2 Å². The van der Waals surface area contributed by atoms with Gasteiger partial charge >= 0.3 is 0 Å². The van der Waals surface area contributed by atoms with Gasteiger partial charge in [-0.05, 0) is 32.0 Å². The molecule has 0 spiro atoms. The molecule has 0 unspecified atom stereocenters. The first-order valence-electron chi connectivity index (χ1n) is 6.35. The summed E-state index contributed by atoms with van der Waals surface area (Å²) in [6.07, 6.45) is 5.09. The molecule has 2 heterocycles. The number of nitrogens with two attached hydrogens (primary N) is 1. The Labute approximate surface area is 117 Å². The molecule has 100 valence electrons. The van der Waals surface area contributed by atoms with Gasteiger partial charge in [-0.15, -0.1) is 0 Å². The maximum absolute atomic E-state index is 6.07. The van der Waals surface area contributed by atoms with Crippen molar-refractivity contribution in [2.75, 3.05) is 5.73 Å². The smallest absolute Gasteiger partial charge is 0.250 e. The number of aryl methyl sites for hydroxylation is 2. The number of aromatic nitrogens is 4. The van der Waals surface area contributed by atoms with Crippen molar-refractivity contribution in [1.29, 1.82) is 0 Å². The average Bonchev–Trinajstić information content (AvgIpc) is 2.81. The standard InChI is InChI=1S/C15H15N5/c1-10-6-11(2)8-12(7-10)14-13(16)9-20(19-14)15-17-4-3-5-18-15/h3-9H,16H2,1-2H3. The lowest BCUT2D eigenvalue weighted by Crippen LogP contribution is -2.00. The van der Waals surface area contributed by atoms with E-state index in [-0.39, 0.29) is 0 Å². The minimum absolute atomic E-state index is 0.509. The van der Waals surface area contributed by atoms with Crippen molar-refractivity contribution in [2.24, 2.45) is 0 Å². The van der Waals surface area contributed by atoms with Gasteiger partial charge in [-0.3, -0.25) is 0 Å². The highest BCUT2D eigenvalue weighted by molar-refractivity contribution is 5.73. The number of benzene rings is 1. The van der Waals surface area contributed by atoms with Gasteiger partial charge in [-0.25, -0.2) is 14.6 Å². The summed E-state index contributed by atoms with van der Waals surface area (Å²) in [5.41, 5.74) is 10.8. The average molecular weight is 265 g/mol. The largest absolute Gasteiger partial charge is 0.396 e. The monoisotopic (exact) mass is 265 g/mol. The Morgan fingerprint density at radius 2 is 1.65 bits per heavy atom. The van der Waals surface area contributed by atoms with Crippen molar-refractivity contribution >= 4 is 5.69 Å². The number of hydrogen-bond acceptors (Lipinski definition) is 4. The third-order valence-corrected chi connectivity index (χ3v) is 2.99. The fourth-order valence-corrected chi connectivity index (χ4v) is 2.24. The molecule has 5 heteroatoms. The highest BCUT2D eigenvalue weighted by Crippen LogP contribution is 2.26. The summed E-state index contributed by atoms with van der Waals surface area (Å²) in [5.74, 6) is 0.509. The molecule has 0 saturated heterocycles. The SMILES string of the molecule is Cc1cc(C)cc(-c2nn(-c3ncccn3)cc2N)c1. The quantitative estimate of drug-likeness (QED) is 0.773. The van der Waals surface area contributed by atoms with Crippen LogP contribution >= 0.6 is 0 Å². The van der Waals surface area contributed by atoms with E-state index in [2.05, 4.69) is 47.1 Å². The first kappa shape index (κ1) is 12.3. The van der Waals surface area contributed by atoms with E-state index in [1.54, 1.807) is 29.3 Å². The normalized spacial score (nSPS) is 10.7. The van der Waals surface area contributed by atoms with Gasteiger partial charge in [-0.2, -0.15) is 5.10 Å². The van der Waals surface area contributed by atoms with Gasteiger partial charge in [-0.1, -0.05) is 17.2 Å². The number of nitrogens with zero attached hydrogens (tertiary/aromatic N) is 4. The van der Waals surface area contributed by atoms with Gasteiger partial charge in [0.2, 0.25) is 0 Å². The second-order valence-corrected chi connectivity index (χ2v) is 4.80. The van der Waals surface area contributed by atoms with Crippen LogP contribution in [0.1, 0.15) is 11.1 Å². The van der Waals surface area contributed by atoms with Crippen LogP contribution in [0.4, 0.5) is 5.69 Å². The zero-order valence-corrected chi connectivity index (χ0v) is 11.4. The molecule has 0 bridgehead atoms. The van der Waals surface area contributed by atoms with Gasteiger partial charge in [0.15, 0.2) is 0 Å². The molecule has 3 rings (SSSR count). The number of rotatable bonds is 2. The van der Waals surface area contributed by atoms with Crippen LogP contribution in [-0.4, -0.2) is 19.7 Å². The molecule has 0 fully saturated rings. The van der Waals surface area contributed by atoms with E-state index in [1.807, 2.05) is 0 Å². The van der Waals surface area contributed by atoms with E-state index < -0.39 is 0 Å². The Morgan fingerprint density at radius 3 is 2.30 bits per heavy atom. The summed E-state index contributed by atoms with van der Waals surface area (Å²) in [7, 11) is 0. The Morgan fingerprint density at radius 1 is 1.00 bits per heavy atom. The van der Waals surface area contributed by atoms with Crippen LogP contribution in [0.2, 0.25) is 0 Å². The predicted molar refractivity (Wildman–Crippen MR) is 78.5 cm³/mol. The Bertz CT molecular complexity index is 726. The second kappa shape index (κ2) is 4.77. The van der Waals surface area contributed by atoms with Crippen molar-refractivity contribution in [3.8, 4) is 17.2 Å². The second-order valence-electron chi connectivity index (χ2n) is 4.80. The fraction of sp³-hybridized carbons (Fsp3) is 0.133. The van der Waals surface area contributed by atoms with Crippen LogP contribution in [0.5, 0.6) is 0 Å². The molecule has 20 heavy (non-hydrogen) atoms. The summed E-state index contributed by atoms with van der Waals surface area (Å²) in [6, 6.07) is 8.03. The molecular weight excluding hydrogens is 250 g/mol. The number of hydrogen-bond donors (Lipinski definition) is 1. The van der Waals surface area contributed by atoms with Crippen molar-refractivity contribution < 1.29 is 0 Å². The molecule has 5 nitrogen and oxygen atoms in total. The van der Waals surface area contributed by atoms with Crippen LogP contribution < -0.4 is 5.73 Å². The minimum Gasteiger partial charge on any atom is -0.396 e. The molecule has 0 atom stereocenters. The third kappa shape index (κ3) is 2.25. The zero-order chi connectivity index (χ0) is 14.1. The first-order chi connectivity index (χ1) is 9.63. The van der Waals surface area contributed by atoms with Gasteiger partial charge in [0.25, 0.3) is 5.95 Å². The first-order valence-corrected chi connectivity index (χ1v) is 6.35. The summed E-state index contributed by atoms with van der Waals surface area (Å²) in [6.45, 7) is 4.12. The van der Waals surface area contributed by atoms with Crippen molar-refractivity contribution in [3.63, 3.8) is 0 Å². The van der Waals surface area contributed by atoms with Crippen LogP contribution in [-0.2, 0) is 0 Å². The third-order valence-electron chi connectivity index (χ3n) is 2.99. The fourth-order valence-electron chi connectivity index (χ4n) is 2.24. The van der Waals surface area contributed by atoms with E-state index in [0.717, 1.165) is 11.3 Å². The Kier molecular flexibility index (Phi) is 2.95.